The van der Waals surface area contributed by atoms with Crippen LogP contribution in [-0.2, 0) is 0 Å². The molecule has 0 bridgehead atoms. The Morgan fingerprint density at radius 2 is 2.00 bits per heavy atom. The Kier molecular flexibility index (Phi) is 4.50. The van der Waals surface area contributed by atoms with E-state index in [0.29, 0.717) is 10.2 Å². The molecule has 3 nitrogen and oxygen atoms in total. The van der Waals surface area contributed by atoms with Crippen LogP contribution in [-0.4, -0.2) is 19.1 Å². The summed E-state index contributed by atoms with van der Waals surface area (Å²) in [7, 11) is 3.41. The number of pyridine rings is 1. The van der Waals surface area contributed by atoms with Gasteiger partial charge in [-0.05, 0) is 42.4 Å². The summed E-state index contributed by atoms with van der Waals surface area (Å²) < 4.78 is 19.4. The largest absolute Gasteiger partial charge is 0.495 e. The van der Waals surface area contributed by atoms with Crippen LogP contribution in [0.5, 0.6) is 5.75 Å². The lowest BCUT2D eigenvalue weighted by Crippen LogP contribution is -2.18. The van der Waals surface area contributed by atoms with Gasteiger partial charge < -0.3 is 10.1 Å². The fraction of sp³-hybridized carbons (Fsp3) is 0.214. The number of hydrogen-bond donors (Lipinski definition) is 1. The average molecular weight is 325 g/mol. The molecule has 0 aliphatic carbocycles. The summed E-state index contributed by atoms with van der Waals surface area (Å²) in [5.41, 5.74) is 1.74. The van der Waals surface area contributed by atoms with Crippen molar-refractivity contribution in [3.63, 3.8) is 0 Å². The van der Waals surface area contributed by atoms with Crippen molar-refractivity contribution in [3.05, 3.63) is 58.1 Å². The minimum absolute atomic E-state index is 0.144. The third-order valence-electron chi connectivity index (χ3n) is 2.81. The Labute approximate surface area is 119 Å². The van der Waals surface area contributed by atoms with Gasteiger partial charge >= 0.3 is 0 Å². The van der Waals surface area contributed by atoms with Crippen molar-refractivity contribution in [2.75, 3.05) is 14.2 Å². The Bertz CT molecular complexity index is 557. The summed E-state index contributed by atoms with van der Waals surface area (Å²) in [5.74, 6) is 0.397. The number of benzene rings is 1. The minimum Gasteiger partial charge on any atom is -0.495 e. The zero-order valence-electron chi connectivity index (χ0n) is 10.7. The van der Waals surface area contributed by atoms with E-state index in [0.717, 1.165) is 11.1 Å². The molecular weight excluding hydrogens is 311 g/mol. The number of nitrogens with zero attached hydrogens (tertiary/aromatic N) is 1. The summed E-state index contributed by atoms with van der Waals surface area (Å²) in [5, 5.41) is 3.16. The molecule has 1 N–H and O–H groups in total. The van der Waals surface area contributed by atoms with E-state index < -0.39 is 0 Å². The van der Waals surface area contributed by atoms with Crippen molar-refractivity contribution in [2.24, 2.45) is 0 Å². The Morgan fingerprint density at radius 1 is 1.21 bits per heavy atom. The highest BCUT2D eigenvalue weighted by molar-refractivity contribution is 9.10. The summed E-state index contributed by atoms with van der Waals surface area (Å²) in [6, 6.07) is 6.55. The minimum atomic E-state index is -0.277. The molecule has 0 saturated carbocycles. The molecule has 1 aromatic heterocycles. The predicted octanol–water partition coefficient (Wildman–Crippen LogP) is 3.30. The standard InChI is InChI=1S/C14H14BrFN2O/c1-17-14(9-3-11(15)6-12(16)4-9)10-5-13(19-2)8-18-7-10/h3-8,14,17H,1-2H3. The molecule has 1 aromatic carbocycles. The second kappa shape index (κ2) is 6.12. The Balaban J connectivity index is 2.43. The molecule has 0 aliphatic heterocycles. The lowest BCUT2D eigenvalue weighted by molar-refractivity contribution is 0.411. The lowest BCUT2D eigenvalue weighted by Gasteiger charge is -2.18. The van der Waals surface area contributed by atoms with Gasteiger partial charge in [-0.3, -0.25) is 4.98 Å². The maximum atomic E-state index is 13.5. The normalized spacial score (nSPS) is 12.2. The van der Waals surface area contributed by atoms with Crippen LogP contribution < -0.4 is 10.1 Å². The second-order valence-corrected chi connectivity index (χ2v) is 5.00. The van der Waals surface area contributed by atoms with Crippen molar-refractivity contribution < 1.29 is 9.13 Å². The molecule has 1 heterocycles. The van der Waals surface area contributed by atoms with Crippen LogP contribution in [0, 0.1) is 5.82 Å². The van der Waals surface area contributed by atoms with Crippen molar-refractivity contribution in [1.82, 2.24) is 10.3 Å². The smallest absolute Gasteiger partial charge is 0.137 e. The molecule has 2 rings (SSSR count). The molecule has 0 fully saturated rings. The van der Waals surface area contributed by atoms with Gasteiger partial charge in [-0.1, -0.05) is 15.9 Å². The van der Waals surface area contributed by atoms with Crippen LogP contribution in [0.3, 0.4) is 0 Å². The van der Waals surface area contributed by atoms with Crippen molar-refractivity contribution in [3.8, 4) is 5.75 Å². The molecule has 0 aliphatic rings. The third kappa shape index (κ3) is 3.30. The quantitative estimate of drug-likeness (QED) is 0.937. The summed E-state index contributed by atoms with van der Waals surface area (Å²) in [6.45, 7) is 0. The Morgan fingerprint density at radius 3 is 2.63 bits per heavy atom. The first kappa shape index (κ1) is 14.0. The van der Waals surface area contributed by atoms with Crippen LogP contribution in [0.15, 0.2) is 41.1 Å². The van der Waals surface area contributed by atoms with Crippen molar-refractivity contribution in [1.29, 1.82) is 0 Å². The van der Waals surface area contributed by atoms with E-state index in [1.165, 1.54) is 12.1 Å². The van der Waals surface area contributed by atoms with E-state index in [-0.39, 0.29) is 11.9 Å². The molecule has 0 spiro atoms. The van der Waals surface area contributed by atoms with Crippen LogP contribution in [0.4, 0.5) is 4.39 Å². The third-order valence-corrected chi connectivity index (χ3v) is 3.27. The topological polar surface area (TPSA) is 34.2 Å². The monoisotopic (exact) mass is 324 g/mol. The highest BCUT2D eigenvalue weighted by Gasteiger charge is 2.14. The lowest BCUT2D eigenvalue weighted by atomic mass is 10.0. The van der Waals surface area contributed by atoms with Gasteiger partial charge in [0.05, 0.1) is 19.3 Å². The van der Waals surface area contributed by atoms with Crippen LogP contribution in [0.25, 0.3) is 0 Å². The van der Waals surface area contributed by atoms with Gasteiger partial charge in [0.25, 0.3) is 0 Å². The molecule has 100 valence electrons. The van der Waals surface area contributed by atoms with E-state index >= 15 is 0 Å². The number of aromatic nitrogens is 1. The molecule has 0 amide bonds. The first-order valence-electron chi connectivity index (χ1n) is 5.76. The zero-order chi connectivity index (χ0) is 13.8. The SMILES string of the molecule is CNC(c1cc(F)cc(Br)c1)c1cncc(OC)c1. The highest BCUT2D eigenvalue weighted by Crippen LogP contribution is 2.26. The number of hydrogen-bond acceptors (Lipinski definition) is 3. The number of methoxy groups -OCH3 is 1. The fourth-order valence-electron chi connectivity index (χ4n) is 1.97. The molecule has 0 saturated heterocycles. The predicted molar refractivity (Wildman–Crippen MR) is 75.8 cm³/mol. The van der Waals surface area contributed by atoms with E-state index in [4.69, 9.17) is 4.74 Å². The fourth-order valence-corrected chi connectivity index (χ4v) is 2.46. The van der Waals surface area contributed by atoms with Crippen molar-refractivity contribution >= 4 is 15.9 Å². The molecule has 5 heteroatoms. The highest BCUT2D eigenvalue weighted by atomic mass is 79.9. The molecule has 0 radical (unpaired) electrons. The molecule has 19 heavy (non-hydrogen) atoms. The van der Waals surface area contributed by atoms with Crippen LogP contribution in [0.1, 0.15) is 17.2 Å². The second-order valence-electron chi connectivity index (χ2n) is 4.08. The molecule has 2 aromatic rings. The van der Waals surface area contributed by atoms with E-state index in [1.807, 2.05) is 19.2 Å². The van der Waals surface area contributed by atoms with E-state index in [9.17, 15) is 4.39 Å². The Hall–Kier alpha value is -1.46. The summed E-state index contributed by atoms with van der Waals surface area (Å²) in [6.07, 6.45) is 3.38. The first-order valence-corrected chi connectivity index (χ1v) is 6.55. The van der Waals surface area contributed by atoms with Gasteiger partial charge in [-0.2, -0.15) is 0 Å². The number of halogens is 2. The summed E-state index contributed by atoms with van der Waals surface area (Å²) >= 11 is 3.30. The zero-order valence-corrected chi connectivity index (χ0v) is 12.2. The van der Waals surface area contributed by atoms with Gasteiger partial charge in [0, 0.05) is 10.7 Å². The van der Waals surface area contributed by atoms with E-state index in [2.05, 4.69) is 26.2 Å². The number of rotatable bonds is 4. The maximum Gasteiger partial charge on any atom is 0.137 e. The van der Waals surface area contributed by atoms with Gasteiger partial charge in [-0.25, -0.2) is 4.39 Å². The number of ether oxygens (including phenoxy) is 1. The first-order chi connectivity index (χ1) is 9.13. The van der Waals surface area contributed by atoms with E-state index in [1.54, 1.807) is 19.5 Å². The van der Waals surface area contributed by atoms with Gasteiger partial charge in [0.15, 0.2) is 0 Å². The van der Waals surface area contributed by atoms with Crippen LogP contribution in [0.2, 0.25) is 0 Å². The molecule has 1 atom stereocenters. The maximum absolute atomic E-state index is 13.5. The summed E-state index contributed by atoms with van der Waals surface area (Å²) in [4.78, 5) is 4.12. The van der Waals surface area contributed by atoms with Crippen LogP contribution >= 0.6 is 15.9 Å². The van der Waals surface area contributed by atoms with Gasteiger partial charge in [0.2, 0.25) is 0 Å². The number of nitrogens with one attached hydrogen (secondary N) is 1. The average Bonchev–Trinajstić information content (AvgIpc) is 2.39. The van der Waals surface area contributed by atoms with Gasteiger partial charge in [0.1, 0.15) is 11.6 Å². The molecule has 1 unspecified atom stereocenters. The van der Waals surface area contributed by atoms with Crippen molar-refractivity contribution in [2.45, 2.75) is 6.04 Å². The van der Waals surface area contributed by atoms with Gasteiger partial charge in [-0.15, -0.1) is 0 Å². The molecular formula is C14H14BrFN2O.